The fourth-order valence-corrected chi connectivity index (χ4v) is 8.05. The summed E-state index contributed by atoms with van der Waals surface area (Å²) in [6, 6.07) is 0. The lowest BCUT2D eigenvalue weighted by Gasteiger charge is -2.60. The maximum Gasteiger partial charge on any atom is 0.155 e. The van der Waals surface area contributed by atoms with E-state index >= 15 is 0 Å². The molecule has 0 unspecified atom stereocenters. The first-order valence-corrected chi connectivity index (χ1v) is 10.6. The van der Waals surface area contributed by atoms with Gasteiger partial charge in [-0.2, -0.15) is 0 Å². The third-order valence-electron chi connectivity index (χ3n) is 8.60. The summed E-state index contributed by atoms with van der Waals surface area (Å²) in [5, 5.41) is 0. The predicted octanol–water partition coefficient (Wildman–Crippen LogP) is 5.84. The summed E-state index contributed by atoms with van der Waals surface area (Å²) in [6.07, 6.45) is 14.7. The number of halogens is 1. The Hall–Kier alpha value is -0.120. The highest BCUT2D eigenvalue weighted by Crippen LogP contribution is 2.74. The Morgan fingerprint density at radius 2 is 1.87 bits per heavy atom. The van der Waals surface area contributed by atoms with Gasteiger partial charge in [-0.05, 0) is 106 Å². The van der Waals surface area contributed by atoms with Crippen LogP contribution in [-0.4, -0.2) is 5.78 Å². The van der Waals surface area contributed by atoms with Crippen molar-refractivity contribution in [2.24, 2.45) is 34.0 Å². The van der Waals surface area contributed by atoms with E-state index in [4.69, 9.17) is 0 Å². The number of carbonyl (C=O) groups is 1. The minimum Gasteiger partial charge on any atom is -0.295 e. The highest BCUT2D eigenvalue weighted by molar-refractivity contribution is 14.1. The Balaban J connectivity index is 1.59. The summed E-state index contributed by atoms with van der Waals surface area (Å²) in [5.41, 5.74) is 2.80. The Kier molecular flexibility index (Phi) is 2.99. The molecule has 0 aromatic rings. The van der Waals surface area contributed by atoms with E-state index in [-0.39, 0.29) is 0 Å². The Morgan fingerprint density at radius 1 is 1.09 bits per heavy atom. The van der Waals surface area contributed by atoms with Gasteiger partial charge in [0.05, 0.1) is 0 Å². The van der Waals surface area contributed by atoms with Crippen molar-refractivity contribution < 1.29 is 4.79 Å². The molecule has 124 valence electrons. The minimum atomic E-state index is 0.322. The van der Waals surface area contributed by atoms with Crippen molar-refractivity contribution in [3.63, 3.8) is 0 Å². The summed E-state index contributed by atoms with van der Waals surface area (Å²) in [7, 11) is 0. The normalized spacial score (nSPS) is 49.9. The molecule has 0 heterocycles. The van der Waals surface area contributed by atoms with Crippen LogP contribution in [0.4, 0.5) is 0 Å². The van der Waals surface area contributed by atoms with Crippen molar-refractivity contribution >= 4 is 28.4 Å². The molecule has 0 saturated heterocycles. The minimum absolute atomic E-state index is 0.322. The first kappa shape index (κ1) is 15.2. The van der Waals surface area contributed by atoms with E-state index < -0.39 is 0 Å². The number of rotatable bonds is 0. The number of hydrogen-bond donors (Lipinski definition) is 0. The van der Waals surface area contributed by atoms with Crippen LogP contribution in [0.25, 0.3) is 0 Å². The van der Waals surface area contributed by atoms with Crippen LogP contribution in [0.1, 0.15) is 65.2 Å². The van der Waals surface area contributed by atoms with Crippen LogP contribution >= 0.6 is 22.6 Å². The molecule has 3 fully saturated rings. The largest absolute Gasteiger partial charge is 0.295 e. The van der Waals surface area contributed by atoms with Crippen molar-refractivity contribution in [3.8, 4) is 0 Å². The molecule has 5 rings (SSSR count). The van der Waals surface area contributed by atoms with Crippen molar-refractivity contribution in [1.29, 1.82) is 0 Å². The molecule has 0 aromatic carbocycles. The highest BCUT2D eigenvalue weighted by Gasteiger charge is 2.65. The molecular formula is C21H27IO. The second-order valence-electron chi connectivity index (χ2n) is 9.55. The fourth-order valence-electron chi connectivity index (χ4n) is 7.12. The van der Waals surface area contributed by atoms with E-state index in [1.54, 1.807) is 9.15 Å². The molecule has 23 heavy (non-hydrogen) atoms. The van der Waals surface area contributed by atoms with Crippen LogP contribution in [0.2, 0.25) is 0 Å². The average Bonchev–Trinajstić information content (AvgIpc) is 3.21. The van der Waals surface area contributed by atoms with Crippen molar-refractivity contribution in [1.82, 2.24) is 0 Å². The number of carbonyl (C=O) groups excluding carboxylic acids is 1. The molecule has 2 heteroatoms. The lowest BCUT2D eigenvalue weighted by Crippen LogP contribution is -2.52. The predicted molar refractivity (Wildman–Crippen MR) is 101 cm³/mol. The molecule has 5 atom stereocenters. The number of allylic oxidation sites excluding steroid dienone is 4. The van der Waals surface area contributed by atoms with Crippen LogP contribution in [0.15, 0.2) is 21.3 Å². The lowest BCUT2D eigenvalue weighted by atomic mass is 9.45. The van der Waals surface area contributed by atoms with Gasteiger partial charge in [-0.3, -0.25) is 4.79 Å². The van der Waals surface area contributed by atoms with Gasteiger partial charge in [-0.1, -0.05) is 25.5 Å². The quantitative estimate of drug-likeness (QED) is 0.449. The van der Waals surface area contributed by atoms with Crippen LogP contribution in [-0.2, 0) is 4.79 Å². The third kappa shape index (κ3) is 1.82. The molecule has 3 saturated carbocycles. The van der Waals surface area contributed by atoms with Gasteiger partial charge in [-0.25, -0.2) is 0 Å². The highest BCUT2D eigenvalue weighted by atomic mass is 127. The monoisotopic (exact) mass is 422 g/mol. The van der Waals surface area contributed by atoms with Crippen molar-refractivity contribution in [3.05, 3.63) is 21.3 Å². The average molecular weight is 422 g/mol. The van der Waals surface area contributed by atoms with Gasteiger partial charge in [0.1, 0.15) is 0 Å². The van der Waals surface area contributed by atoms with E-state index in [1.807, 2.05) is 0 Å². The van der Waals surface area contributed by atoms with E-state index in [0.717, 1.165) is 30.6 Å². The third-order valence-corrected chi connectivity index (χ3v) is 10.3. The summed E-state index contributed by atoms with van der Waals surface area (Å²) in [4.78, 5) is 12.1. The van der Waals surface area contributed by atoms with E-state index in [2.05, 4.69) is 48.6 Å². The fraction of sp³-hybridized carbons (Fsp3) is 0.762. The molecule has 0 N–H and O–H groups in total. The van der Waals surface area contributed by atoms with E-state index in [1.165, 1.54) is 38.5 Å². The lowest BCUT2D eigenvalue weighted by molar-refractivity contribution is -0.118. The van der Waals surface area contributed by atoms with E-state index in [9.17, 15) is 4.79 Å². The maximum absolute atomic E-state index is 12.1. The summed E-state index contributed by atoms with van der Waals surface area (Å²) < 4.78 is 1.63. The van der Waals surface area contributed by atoms with Gasteiger partial charge in [0.15, 0.2) is 5.78 Å². The zero-order chi connectivity index (χ0) is 16.0. The Bertz CT molecular complexity index is 655. The molecule has 0 radical (unpaired) electrons. The van der Waals surface area contributed by atoms with Gasteiger partial charge in [-0.15, -0.1) is 0 Å². The molecule has 0 bridgehead atoms. The Labute approximate surface area is 153 Å². The molecule has 1 spiro atoms. The summed E-state index contributed by atoms with van der Waals surface area (Å²) in [5.74, 6) is 2.97. The first-order chi connectivity index (χ1) is 10.9. The van der Waals surface area contributed by atoms with Crippen LogP contribution in [0.3, 0.4) is 0 Å². The second-order valence-corrected chi connectivity index (χ2v) is 10.7. The molecule has 5 aliphatic rings. The van der Waals surface area contributed by atoms with Gasteiger partial charge < -0.3 is 0 Å². The molecule has 0 aliphatic heterocycles. The SMILES string of the molecule is C[C@]12CCC(=O)C=C1C1(CC1)C[C@@H]1[C@@H]2CC[C@]2(C)C(I)=CC[C@@H]12. The molecule has 5 aliphatic carbocycles. The summed E-state index contributed by atoms with van der Waals surface area (Å²) in [6.45, 7) is 5.06. The zero-order valence-electron chi connectivity index (χ0n) is 14.3. The zero-order valence-corrected chi connectivity index (χ0v) is 16.5. The van der Waals surface area contributed by atoms with Gasteiger partial charge in [0.2, 0.25) is 0 Å². The van der Waals surface area contributed by atoms with Crippen LogP contribution in [0.5, 0.6) is 0 Å². The number of ketones is 1. The van der Waals surface area contributed by atoms with Crippen LogP contribution < -0.4 is 0 Å². The van der Waals surface area contributed by atoms with Crippen molar-refractivity contribution in [2.45, 2.75) is 65.2 Å². The maximum atomic E-state index is 12.1. The molecule has 0 aromatic heterocycles. The van der Waals surface area contributed by atoms with E-state index in [0.29, 0.717) is 22.0 Å². The van der Waals surface area contributed by atoms with Crippen molar-refractivity contribution in [2.75, 3.05) is 0 Å². The van der Waals surface area contributed by atoms with Crippen LogP contribution in [0, 0.1) is 34.0 Å². The van der Waals surface area contributed by atoms with Gasteiger partial charge in [0.25, 0.3) is 0 Å². The first-order valence-electron chi connectivity index (χ1n) is 9.51. The molecular weight excluding hydrogens is 395 g/mol. The topological polar surface area (TPSA) is 17.1 Å². The molecule has 1 nitrogen and oxygen atoms in total. The Morgan fingerprint density at radius 3 is 2.61 bits per heavy atom. The standard InChI is InChI=1S/C21H27IO/c1-19-7-5-13(23)11-17(19)21(9-10-21)12-14-15-3-4-18(22)20(15,2)8-6-16(14)19/h4,11,14-16H,3,5-10,12H2,1-2H3/t14-,15-,16-,19+,20-/m0/s1. The summed E-state index contributed by atoms with van der Waals surface area (Å²) >= 11 is 2.62. The van der Waals surface area contributed by atoms with Gasteiger partial charge >= 0.3 is 0 Å². The number of hydrogen-bond acceptors (Lipinski definition) is 1. The number of fused-ring (bicyclic) bond motifs is 6. The smallest absolute Gasteiger partial charge is 0.155 e. The second kappa shape index (κ2) is 4.53. The molecule has 0 amide bonds. The van der Waals surface area contributed by atoms with Gasteiger partial charge in [0, 0.05) is 11.8 Å².